The average Bonchev–Trinajstić information content (AvgIpc) is 2.13. The summed E-state index contributed by atoms with van der Waals surface area (Å²) < 4.78 is 0. The van der Waals surface area contributed by atoms with E-state index in [1.165, 1.54) is 0 Å². The first kappa shape index (κ1) is 10.4. The molecule has 0 aliphatic rings. The summed E-state index contributed by atoms with van der Waals surface area (Å²) in [6, 6.07) is 5.60. The van der Waals surface area contributed by atoms with Crippen molar-refractivity contribution in [1.29, 1.82) is 0 Å². The maximum Gasteiger partial charge on any atom is 0.0624 e. The lowest BCUT2D eigenvalue weighted by atomic mass is 10.0. The van der Waals surface area contributed by atoms with Gasteiger partial charge in [-0.1, -0.05) is 42.3 Å². The first-order chi connectivity index (χ1) is 6.15. The molecule has 1 atom stereocenters. The van der Waals surface area contributed by atoms with Crippen molar-refractivity contribution >= 4 is 23.2 Å². The Labute approximate surface area is 88.9 Å². The lowest BCUT2D eigenvalue weighted by Crippen LogP contribution is -1.96. The third-order valence-corrected chi connectivity index (χ3v) is 2.70. The van der Waals surface area contributed by atoms with Gasteiger partial charge < -0.3 is 0 Å². The highest BCUT2D eigenvalue weighted by molar-refractivity contribution is 6.42. The monoisotopic (exact) mass is 212 g/mol. The topological polar surface area (TPSA) is 0 Å². The maximum absolute atomic E-state index is 5.99. The van der Waals surface area contributed by atoms with Gasteiger partial charge in [-0.2, -0.15) is 0 Å². The Balaban J connectivity index is 2.90. The van der Waals surface area contributed by atoms with Crippen LogP contribution in [-0.2, 0) is 6.42 Å². The molecule has 0 heterocycles. The second kappa shape index (κ2) is 4.56. The fraction of sp³-hybridized carbons (Fsp3) is 0.273. The molecular weight excluding hydrogens is 203 g/mol. The van der Waals surface area contributed by atoms with E-state index >= 15 is 0 Å². The Hall–Kier alpha value is -0.640. The molecule has 0 spiro atoms. The summed E-state index contributed by atoms with van der Waals surface area (Å²) in [6.07, 6.45) is 6.06. The number of rotatable bonds is 2. The van der Waals surface area contributed by atoms with Crippen LogP contribution in [0.4, 0.5) is 0 Å². The lowest BCUT2D eigenvalue weighted by Gasteiger charge is -2.07. The van der Waals surface area contributed by atoms with E-state index in [1.807, 2.05) is 19.1 Å². The zero-order valence-electron chi connectivity index (χ0n) is 7.35. The molecule has 0 saturated carbocycles. The third-order valence-electron chi connectivity index (χ3n) is 1.84. The van der Waals surface area contributed by atoms with Gasteiger partial charge >= 0.3 is 0 Å². The maximum atomic E-state index is 5.99. The molecule has 13 heavy (non-hydrogen) atoms. The van der Waals surface area contributed by atoms with Gasteiger partial charge in [0.1, 0.15) is 0 Å². The zero-order chi connectivity index (χ0) is 9.84. The van der Waals surface area contributed by atoms with Crippen LogP contribution >= 0.6 is 23.2 Å². The number of terminal acetylenes is 1. The predicted octanol–water partition coefficient (Wildman–Crippen LogP) is 3.81. The summed E-state index contributed by atoms with van der Waals surface area (Å²) >= 11 is 11.9. The molecule has 0 aliphatic heterocycles. The van der Waals surface area contributed by atoms with Gasteiger partial charge in [0.25, 0.3) is 0 Å². The van der Waals surface area contributed by atoms with Gasteiger partial charge in [-0.05, 0) is 18.1 Å². The van der Waals surface area contributed by atoms with Crippen molar-refractivity contribution in [3.8, 4) is 12.3 Å². The minimum absolute atomic E-state index is 0.191. The van der Waals surface area contributed by atoms with Gasteiger partial charge in [0.15, 0.2) is 0 Å². The van der Waals surface area contributed by atoms with Gasteiger partial charge in [0.2, 0.25) is 0 Å². The highest BCUT2D eigenvalue weighted by Crippen LogP contribution is 2.27. The molecule has 0 fully saturated rings. The van der Waals surface area contributed by atoms with Crippen molar-refractivity contribution in [2.24, 2.45) is 5.92 Å². The molecule has 1 unspecified atom stereocenters. The van der Waals surface area contributed by atoms with Gasteiger partial charge in [-0.25, -0.2) is 0 Å². The Morgan fingerprint density at radius 2 is 2.15 bits per heavy atom. The van der Waals surface area contributed by atoms with Crippen LogP contribution < -0.4 is 0 Å². The molecule has 0 radical (unpaired) electrons. The van der Waals surface area contributed by atoms with Gasteiger partial charge in [-0.15, -0.1) is 12.3 Å². The third kappa shape index (κ3) is 2.66. The summed E-state index contributed by atoms with van der Waals surface area (Å²) in [5.74, 6) is 2.85. The van der Waals surface area contributed by atoms with Gasteiger partial charge in [-0.3, -0.25) is 0 Å². The average molecular weight is 213 g/mol. The highest BCUT2D eigenvalue weighted by atomic mass is 35.5. The normalized spacial score (nSPS) is 12.2. The van der Waals surface area contributed by atoms with E-state index in [1.54, 1.807) is 6.07 Å². The molecule has 0 amide bonds. The molecule has 0 saturated heterocycles. The first-order valence-electron chi connectivity index (χ1n) is 4.04. The van der Waals surface area contributed by atoms with Crippen LogP contribution in [0, 0.1) is 18.3 Å². The minimum Gasteiger partial charge on any atom is -0.120 e. The summed E-state index contributed by atoms with van der Waals surface area (Å²) in [7, 11) is 0. The van der Waals surface area contributed by atoms with Crippen molar-refractivity contribution in [2.45, 2.75) is 13.3 Å². The van der Waals surface area contributed by atoms with E-state index in [-0.39, 0.29) is 5.92 Å². The Kier molecular flexibility index (Phi) is 3.66. The Morgan fingerprint density at radius 1 is 1.46 bits per heavy atom. The van der Waals surface area contributed by atoms with E-state index in [9.17, 15) is 0 Å². The van der Waals surface area contributed by atoms with Crippen molar-refractivity contribution in [3.05, 3.63) is 33.8 Å². The second-order valence-electron chi connectivity index (χ2n) is 2.98. The highest BCUT2D eigenvalue weighted by Gasteiger charge is 2.06. The Bertz CT molecular complexity index is 336. The molecule has 2 heteroatoms. The van der Waals surface area contributed by atoms with E-state index in [2.05, 4.69) is 5.92 Å². The van der Waals surface area contributed by atoms with Crippen LogP contribution in [0.1, 0.15) is 12.5 Å². The van der Waals surface area contributed by atoms with Crippen LogP contribution in [0.5, 0.6) is 0 Å². The molecule has 0 aromatic heterocycles. The quantitative estimate of drug-likeness (QED) is 0.655. The van der Waals surface area contributed by atoms with Crippen LogP contribution in [0.15, 0.2) is 18.2 Å². The van der Waals surface area contributed by atoms with Crippen LogP contribution in [-0.4, -0.2) is 0 Å². The SMILES string of the molecule is C#CC(C)Cc1cccc(Cl)c1Cl. The van der Waals surface area contributed by atoms with Crippen molar-refractivity contribution in [3.63, 3.8) is 0 Å². The van der Waals surface area contributed by atoms with E-state index in [0.29, 0.717) is 10.0 Å². The Morgan fingerprint density at radius 3 is 2.77 bits per heavy atom. The fourth-order valence-corrected chi connectivity index (χ4v) is 1.49. The second-order valence-corrected chi connectivity index (χ2v) is 3.77. The summed E-state index contributed by atoms with van der Waals surface area (Å²) in [5.41, 5.74) is 1.01. The smallest absolute Gasteiger partial charge is 0.0624 e. The minimum atomic E-state index is 0.191. The lowest BCUT2D eigenvalue weighted by molar-refractivity contribution is 0.751. The number of benzene rings is 1. The summed E-state index contributed by atoms with van der Waals surface area (Å²) in [5, 5.41) is 1.20. The number of hydrogen-bond donors (Lipinski definition) is 0. The summed E-state index contributed by atoms with van der Waals surface area (Å²) in [4.78, 5) is 0. The molecule has 1 rings (SSSR count). The van der Waals surface area contributed by atoms with Crippen molar-refractivity contribution < 1.29 is 0 Å². The molecule has 0 bridgehead atoms. The van der Waals surface area contributed by atoms with Gasteiger partial charge in [0, 0.05) is 5.92 Å². The molecule has 0 nitrogen and oxygen atoms in total. The molecule has 0 N–H and O–H groups in total. The zero-order valence-corrected chi connectivity index (χ0v) is 8.86. The number of halogens is 2. The molecule has 0 aliphatic carbocycles. The summed E-state index contributed by atoms with van der Waals surface area (Å²) in [6.45, 7) is 1.98. The predicted molar refractivity (Wildman–Crippen MR) is 58.2 cm³/mol. The molecule has 68 valence electrons. The first-order valence-corrected chi connectivity index (χ1v) is 4.79. The van der Waals surface area contributed by atoms with Crippen LogP contribution in [0.3, 0.4) is 0 Å². The van der Waals surface area contributed by atoms with Crippen molar-refractivity contribution in [1.82, 2.24) is 0 Å². The fourth-order valence-electron chi connectivity index (χ4n) is 1.09. The molecular formula is C11H10Cl2. The van der Waals surface area contributed by atoms with E-state index in [0.717, 1.165) is 12.0 Å². The largest absolute Gasteiger partial charge is 0.120 e. The van der Waals surface area contributed by atoms with Crippen LogP contribution in [0.2, 0.25) is 10.0 Å². The van der Waals surface area contributed by atoms with Crippen LogP contribution in [0.25, 0.3) is 0 Å². The molecule has 1 aromatic carbocycles. The molecule has 1 aromatic rings. The van der Waals surface area contributed by atoms with E-state index in [4.69, 9.17) is 29.6 Å². The number of hydrogen-bond acceptors (Lipinski definition) is 0. The van der Waals surface area contributed by atoms with Gasteiger partial charge in [0.05, 0.1) is 10.0 Å². The van der Waals surface area contributed by atoms with Crippen molar-refractivity contribution in [2.75, 3.05) is 0 Å². The van der Waals surface area contributed by atoms with E-state index < -0.39 is 0 Å². The standard InChI is InChI=1S/C11H10Cl2/c1-3-8(2)7-9-5-4-6-10(12)11(9)13/h1,4-6,8H,7H2,2H3.